The SMILES string of the molecule is C[C@](O)(CN1CCN(c2ccncc2)CC1)C(=O)Nc1ccc(C#N)c(C(F)(F)F)c1. The number of hydrogen-bond acceptors (Lipinski definition) is 6. The highest BCUT2D eigenvalue weighted by Crippen LogP contribution is 2.33. The fourth-order valence-electron chi connectivity index (χ4n) is 3.45. The van der Waals surface area contributed by atoms with Gasteiger partial charge in [0.15, 0.2) is 5.60 Å². The minimum absolute atomic E-state index is 0.0332. The number of halogens is 3. The van der Waals surface area contributed by atoms with Gasteiger partial charge in [-0.2, -0.15) is 18.4 Å². The molecule has 1 aliphatic heterocycles. The van der Waals surface area contributed by atoms with Gasteiger partial charge in [-0.3, -0.25) is 14.7 Å². The van der Waals surface area contributed by atoms with E-state index in [1.807, 2.05) is 17.0 Å². The molecule has 0 aliphatic carbocycles. The lowest BCUT2D eigenvalue weighted by Gasteiger charge is -2.38. The summed E-state index contributed by atoms with van der Waals surface area (Å²) in [5.41, 5.74) is -2.59. The molecule has 1 saturated heterocycles. The highest BCUT2D eigenvalue weighted by molar-refractivity contribution is 5.97. The predicted molar refractivity (Wildman–Crippen MR) is 108 cm³/mol. The van der Waals surface area contributed by atoms with E-state index in [4.69, 9.17) is 5.26 Å². The van der Waals surface area contributed by atoms with Gasteiger partial charge in [-0.15, -0.1) is 0 Å². The van der Waals surface area contributed by atoms with Crippen LogP contribution in [0.2, 0.25) is 0 Å². The minimum Gasteiger partial charge on any atom is -0.379 e. The molecule has 10 heteroatoms. The van der Waals surface area contributed by atoms with Crippen LogP contribution in [0.1, 0.15) is 18.1 Å². The van der Waals surface area contributed by atoms with Crippen molar-refractivity contribution in [2.45, 2.75) is 18.7 Å². The first kappa shape index (κ1) is 22.5. The molecule has 2 heterocycles. The second kappa shape index (κ2) is 8.91. The van der Waals surface area contributed by atoms with Crippen LogP contribution >= 0.6 is 0 Å². The fourth-order valence-corrected chi connectivity index (χ4v) is 3.45. The predicted octanol–water partition coefficient (Wildman–Crippen LogP) is 2.48. The Labute approximate surface area is 177 Å². The lowest BCUT2D eigenvalue weighted by Crippen LogP contribution is -2.54. The Morgan fingerprint density at radius 1 is 1.19 bits per heavy atom. The van der Waals surface area contributed by atoms with Gasteiger partial charge in [0.2, 0.25) is 0 Å². The summed E-state index contributed by atoms with van der Waals surface area (Å²) in [6, 6.07) is 8.19. The van der Waals surface area contributed by atoms with E-state index < -0.39 is 28.8 Å². The van der Waals surface area contributed by atoms with Crippen LogP contribution in [0.4, 0.5) is 24.5 Å². The first-order valence-corrected chi connectivity index (χ1v) is 9.63. The number of pyridine rings is 1. The van der Waals surface area contributed by atoms with Gasteiger partial charge in [0.25, 0.3) is 5.91 Å². The van der Waals surface area contributed by atoms with Gasteiger partial charge in [-0.25, -0.2) is 0 Å². The molecule has 3 rings (SSSR count). The third kappa shape index (κ3) is 5.51. The van der Waals surface area contributed by atoms with Gasteiger partial charge in [0.1, 0.15) is 0 Å². The van der Waals surface area contributed by atoms with Crippen LogP contribution in [-0.4, -0.2) is 59.2 Å². The number of amides is 1. The number of alkyl halides is 3. The average molecular weight is 433 g/mol. The van der Waals surface area contributed by atoms with Crippen molar-refractivity contribution in [2.75, 3.05) is 42.9 Å². The Morgan fingerprint density at radius 3 is 2.42 bits per heavy atom. The normalized spacial score (nSPS) is 17.0. The number of nitrogens with one attached hydrogen (secondary N) is 1. The number of carbonyl (C=O) groups is 1. The lowest BCUT2D eigenvalue weighted by molar-refractivity contribution is -0.138. The van der Waals surface area contributed by atoms with E-state index in [0.29, 0.717) is 32.2 Å². The molecule has 0 saturated carbocycles. The summed E-state index contributed by atoms with van der Waals surface area (Å²) in [4.78, 5) is 20.6. The summed E-state index contributed by atoms with van der Waals surface area (Å²) < 4.78 is 39.4. The van der Waals surface area contributed by atoms with Crippen molar-refractivity contribution < 1.29 is 23.1 Å². The molecular formula is C21H22F3N5O2. The van der Waals surface area contributed by atoms with E-state index in [1.165, 1.54) is 19.1 Å². The number of carbonyl (C=O) groups excluding carboxylic acids is 1. The maximum Gasteiger partial charge on any atom is 0.417 e. The van der Waals surface area contributed by atoms with E-state index >= 15 is 0 Å². The molecule has 2 aromatic rings. The zero-order valence-electron chi connectivity index (χ0n) is 16.9. The number of aromatic nitrogens is 1. The number of rotatable bonds is 5. The Morgan fingerprint density at radius 2 is 1.84 bits per heavy atom. The number of hydrogen-bond donors (Lipinski definition) is 2. The monoisotopic (exact) mass is 433 g/mol. The third-order valence-electron chi connectivity index (χ3n) is 5.12. The summed E-state index contributed by atoms with van der Waals surface area (Å²) in [5, 5.41) is 21.9. The fraction of sp³-hybridized carbons (Fsp3) is 0.381. The molecule has 0 radical (unpaired) electrons. The molecule has 7 nitrogen and oxygen atoms in total. The molecule has 164 valence electrons. The van der Waals surface area contributed by atoms with E-state index in [0.717, 1.165) is 11.8 Å². The lowest BCUT2D eigenvalue weighted by atomic mass is 10.0. The van der Waals surface area contributed by atoms with Gasteiger partial charge >= 0.3 is 6.18 Å². The molecule has 2 N–H and O–H groups in total. The topological polar surface area (TPSA) is 92.5 Å². The summed E-state index contributed by atoms with van der Waals surface area (Å²) in [6.07, 6.45) is -1.31. The summed E-state index contributed by atoms with van der Waals surface area (Å²) >= 11 is 0. The second-order valence-electron chi connectivity index (χ2n) is 7.57. The maximum absolute atomic E-state index is 13.1. The van der Waals surface area contributed by atoms with Crippen molar-refractivity contribution in [3.8, 4) is 6.07 Å². The average Bonchev–Trinajstić information content (AvgIpc) is 2.74. The molecule has 31 heavy (non-hydrogen) atoms. The first-order chi connectivity index (χ1) is 14.6. The molecule has 0 bridgehead atoms. The molecule has 1 atom stereocenters. The summed E-state index contributed by atoms with van der Waals surface area (Å²) in [7, 11) is 0. The van der Waals surface area contributed by atoms with Gasteiger partial charge in [-0.05, 0) is 37.3 Å². The highest BCUT2D eigenvalue weighted by Gasteiger charge is 2.36. The van der Waals surface area contributed by atoms with Gasteiger partial charge in [0, 0.05) is 56.5 Å². The molecule has 0 spiro atoms. The third-order valence-corrected chi connectivity index (χ3v) is 5.12. The van der Waals surface area contributed by atoms with Crippen LogP contribution in [0.5, 0.6) is 0 Å². The first-order valence-electron chi connectivity index (χ1n) is 9.63. The van der Waals surface area contributed by atoms with Crippen molar-refractivity contribution in [3.63, 3.8) is 0 Å². The molecule has 0 unspecified atom stereocenters. The van der Waals surface area contributed by atoms with E-state index in [2.05, 4.69) is 15.2 Å². The standard InChI is InChI=1S/C21H22F3N5O2/c1-20(31,14-28-8-10-29(11-9-28)17-4-6-26-7-5-17)19(30)27-16-3-2-15(13-25)18(12-16)21(22,23)24/h2-7,12,31H,8-11,14H2,1H3,(H,27,30)/t20-/m0/s1. The number of benzene rings is 1. The number of nitriles is 1. The van der Waals surface area contributed by atoms with Gasteiger partial charge < -0.3 is 15.3 Å². The smallest absolute Gasteiger partial charge is 0.379 e. The second-order valence-corrected chi connectivity index (χ2v) is 7.57. The van der Waals surface area contributed by atoms with Crippen LogP contribution in [0, 0.1) is 11.3 Å². The van der Waals surface area contributed by atoms with E-state index in [9.17, 15) is 23.1 Å². The largest absolute Gasteiger partial charge is 0.417 e. The number of nitrogens with zero attached hydrogens (tertiary/aromatic N) is 4. The quantitative estimate of drug-likeness (QED) is 0.753. The number of anilines is 2. The van der Waals surface area contributed by atoms with Crippen molar-refractivity contribution in [3.05, 3.63) is 53.9 Å². The Kier molecular flexibility index (Phi) is 6.48. The molecule has 1 amide bonds. The molecule has 1 aromatic carbocycles. The maximum atomic E-state index is 13.1. The molecule has 1 aliphatic rings. The van der Waals surface area contributed by atoms with Gasteiger partial charge in [0.05, 0.1) is 17.2 Å². The zero-order valence-corrected chi connectivity index (χ0v) is 16.9. The van der Waals surface area contributed by atoms with Gasteiger partial charge in [-0.1, -0.05) is 0 Å². The van der Waals surface area contributed by atoms with Crippen LogP contribution in [0.3, 0.4) is 0 Å². The van der Waals surface area contributed by atoms with E-state index in [1.54, 1.807) is 12.4 Å². The zero-order chi connectivity index (χ0) is 22.6. The molecule has 1 fully saturated rings. The Bertz CT molecular complexity index is 965. The molecular weight excluding hydrogens is 411 g/mol. The van der Waals surface area contributed by atoms with Crippen LogP contribution in [-0.2, 0) is 11.0 Å². The van der Waals surface area contributed by atoms with Crippen molar-refractivity contribution in [1.29, 1.82) is 5.26 Å². The number of β-amino-alcohol motifs (C(OH)–C–C–N with tert-alkyl or cyclic N) is 1. The number of piperazine rings is 1. The number of aliphatic hydroxyl groups is 1. The van der Waals surface area contributed by atoms with E-state index in [-0.39, 0.29) is 12.2 Å². The Balaban J connectivity index is 1.61. The van der Waals surface area contributed by atoms with Crippen LogP contribution in [0.15, 0.2) is 42.7 Å². The highest BCUT2D eigenvalue weighted by atomic mass is 19.4. The summed E-state index contributed by atoms with van der Waals surface area (Å²) in [5.74, 6) is -0.818. The van der Waals surface area contributed by atoms with Crippen LogP contribution < -0.4 is 10.2 Å². The molecule has 1 aromatic heterocycles. The summed E-state index contributed by atoms with van der Waals surface area (Å²) in [6.45, 7) is 3.98. The van der Waals surface area contributed by atoms with Crippen LogP contribution in [0.25, 0.3) is 0 Å². The van der Waals surface area contributed by atoms with Crippen molar-refractivity contribution in [2.24, 2.45) is 0 Å². The minimum atomic E-state index is -4.73. The van der Waals surface area contributed by atoms with Crippen molar-refractivity contribution >= 4 is 17.3 Å². The van der Waals surface area contributed by atoms with Crippen molar-refractivity contribution in [1.82, 2.24) is 9.88 Å². The Hall–Kier alpha value is -3.16.